The number of ketones is 1. The molecule has 1 aliphatic rings. The molecular weight excluding hydrogens is 399 g/mol. The van der Waals surface area contributed by atoms with E-state index < -0.39 is 12.5 Å². The summed E-state index contributed by atoms with van der Waals surface area (Å²) in [6.07, 6.45) is 5.71. The largest absolute Gasteiger partial charge is 0.459 e. The SMILES string of the molecule is CC(F)Oc1cncc(-c2nn(C(C)C)c3cc(C(=O)C[C@H]4CCC[C@H]4O)cnc23)c1. The van der Waals surface area contributed by atoms with E-state index in [1.54, 1.807) is 18.5 Å². The van der Waals surface area contributed by atoms with Crippen LogP contribution in [0.5, 0.6) is 5.75 Å². The van der Waals surface area contributed by atoms with Crippen LogP contribution < -0.4 is 4.74 Å². The number of pyridine rings is 2. The fraction of sp³-hybridized carbons (Fsp3) is 0.478. The van der Waals surface area contributed by atoms with E-state index in [1.807, 2.05) is 24.6 Å². The van der Waals surface area contributed by atoms with Crippen LogP contribution in [0.1, 0.15) is 62.9 Å². The summed E-state index contributed by atoms with van der Waals surface area (Å²) in [5.41, 5.74) is 3.15. The highest BCUT2D eigenvalue weighted by molar-refractivity contribution is 6.00. The third-order valence-electron chi connectivity index (χ3n) is 5.71. The van der Waals surface area contributed by atoms with Crippen molar-refractivity contribution in [3.63, 3.8) is 0 Å². The Kier molecular flexibility index (Phi) is 6.00. The predicted molar refractivity (Wildman–Crippen MR) is 115 cm³/mol. The van der Waals surface area contributed by atoms with Crippen molar-refractivity contribution in [2.75, 3.05) is 0 Å². The van der Waals surface area contributed by atoms with Gasteiger partial charge in [0, 0.05) is 42.9 Å². The van der Waals surface area contributed by atoms with Crippen molar-refractivity contribution in [3.05, 3.63) is 36.3 Å². The van der Waals surface area contributed by atoms with Crippen LogP contribution in [-0.4, -0.2) is 43.1 Å². The number of rotatable bonds is 7. The van der Waals surface area contributed by atoms with E-state index in [0.29, 0.717) is 34.5 Å². The minimum Gasteiger partial charge on any atom is -0.459 e. The second-order valence-electron chi connectivity index (χ2n) is 8.43. The van der Waals surface area contributed by atoms with Crippen molar-refractivity contribution in [2.45, 2.75) is 65.0 Å². The van der Waals surface area contributed by atoms with Crippen molar-refractivity contribution in [3.8, 4) is 17.0 Å². The van der Waals surface area contributed by atoms with Crippen LogP contribution in [0.2, 0.25) is 0 Å². The first-order chi connectivity index (χ1) is 14.8. The van der Waals surface area contributed by atoms with Gasteiger partial charge in [-0.3, -0.25) is 19.4 Å². The molecule has 1 unspecified atom stereocenters. The van der Waals surface area contributed by atoms with Gasteiger partial charge in [-0.1, -0.05) is 6.42 Å². The van der Waals surface area contributed by atoms with Gasteiger partial charge in [0.15, 0.2) is 5.78 Å². The molecule has 3 atom stereocenters. The standard InChI is InChI=1S/C23H27FN4O3/c1-13(2)28-19-8-16(21(30)9-15-5-4-6-20(15)29)11-26-23(19)22(27-28)17-7-18(12-25-10-17)31-14(3)24/h7-8,10-15,20,29H,4-6,9H2,1-3H3/t14?,15-,20-/m1/s1. The predicted octanol–water partition coefficient (Wildman–Crippen LogP) is 4.50. The summed E-state index contributed by atoms with van der Waals surface area (Å²) in [5.74, 6) is 0.301. The van der Waals surface area contributed by atoms with Crippen LogP contribution in [0.3, 0.4) is 0 Å². The van der Waals surface area contributed by atoms with Crippen molar-refractivity contribution < 1.29 is 19.0 Å². The zero-order chi connectivity index (χ0) is 22.1. The lowest BCUT2D eigenvalue weighted by Crippen LogP contribution is -2.17. The summed E-state index contributed by atoms with van der Waals surface area (Å²) < 4.78 is 20.2. The highest BCUT2D eigenvalue weighted by Gasteiger charge is 2.28. The van der Waals surface area contributed by atoms with E-state index in [9.17, 15) is 14.3 Å². The number of nitrogens with zero attached hydrogens (tertiary/aromatic N) is 4. The van der Waals surface area contributed by atoms with Crippen LogP contribution in [0.15, 0.2) is 30.7 Å². The van der Waals surface area contributed by atoms with Crippen LogP contribution in [0.25, 0.3) is 22.3 Å². The Balaban J connectivity index is 1.71. The summed E-state index contributed by atoms with van der Waals surface area (Å²) in [7, 11) is 0. The van der Waals surface area contributed by atoms with Gasteiger partial charge in [0.05, 0.1) is 17.8 Å². The number of carbonyl (C=O) groups is 1. The Morgan fingerprint density at radius 1 is 1.26 bits per heavy atom. The van der Waals surface area contributed by atoms with E-state index in [1.165, 1.54) is 13.1 Å². The summed E-state index contributed by atoms with van der Waals surface area (Å²) in [4.78, 5) is 21.5. The number of halogens is 1. The number of hydrogen-bond donors (Lipinski definition) is 1. The van der Waals surface area contributed by atoms with E-state index >= 15 is 0 Å². The van der Waals surface area contributed by atoms with E-state index in [4.69, 9.17) is 9.84 Å². The van der Waals surface area contributed by atoms with Crippen molar-refractivity contribution in [1.29, 1.82) is 0 Å². The summed E-state index contributed by atoms with van der Waals surface area (Å²) >= 11 is 0. The molecule has 1 fully saturated rings. The fourth-order valence-corrected chi connectivity index (χ4v) is 4.17. The maximum absolute atomic E-state index is 13.2. The summed E-state index contributed by atoms with van der Waals surface area (Å²) in [6.45, 7) is 5.31. The molecule has 0 bridgehead atoms. The monoisotopic (exact) mass is 426 g/mol. The number of aliphatic hydroxyl groups excluding tert-OH is 1. The smallest absolute Gasteiger partial charge is 0.235 e. The lowest BCUT2D eigenvalue weighted by atomic mass is 9.96. The molecule has 164 valence electrons. The normalized spacial score (nSPS) is 19.8. The Hall–Kier alpha value is -2.87. The molecule has 7 nitrogen and oxygen atoms in total. The maximum Gasteiger partial charge on any atom is 0.235 e. The van der Waals surface area contributed by atoms with Gasteiger partial charge >= 0.3 is 0 Å². The van der Waals surface area contributed by atoms with Gasteiger partial charge in [-0.25, -0.2) is 4.39 Å². The second-order valence-corrected chi connectivity index (χ2v) is 8.43. The number of carbonyl (C=O) groups excluding carboxylic acids is 1. The average Bonchev–Trinajstić information content (AvgIpc) is 3.30. The van der Waals surface area contributed by atoms with Gasteiger partial charge in [-0.15, -0.1) is 0 Å². The first kappa shape index (κ1) is 21.4. The van der Waals surface area contributed by atoms with Crippen LogP contribution in [0.4, 0.5) is 4.39 Å². The number of Topliss-reactive ketones (excluding diaryl/α,β-unsaturated/α-hetero) is 1. The van der Waals surface area contributed by atoms with Crippen molar-refractivity contribution in [1.82, 2.24) is 19.7 Å². The van der Waals surface area contributed by atoms with Gasteiger partial charge < -0.3 is 9.84 Å². The molecule has 3 heterocycles. The van der Waals surface area contributed by atoms with Gasteiger partial charge in [-0.2, -0.15) is 5.10 Å². The van der Waals surface area contributed by atoms with Crippen LogP contribution in [-0.2, 0) is 0 Å². The van der Waals surface area contributed by atoms with E-state index in [2.05, 4.69) is 9.97 Å². The van der Waals surface area contributed by atoms with E-state index in [-0.39, 0.29) is 17.7 Å². The molecule has 31 heavy (non-hydrogen) atoms. The lowest BCUT2D eigenvalue weighted by Gasteiger charge is -2.13. The van der Waals surface area contributed by atoms with E-state index in [0.717, 1.165) is 24.8 Å². The number of hydrogen-bond acceptors (Lipinski definition) is 6. The molecule has 0 amide bonds. The quantitative estimate of drug-likeness (QED) is 0.560. The van der Waals surface area contributed by atoms with Crippen LogP contribution in [0, 0.1) is 5.92 Å². The highest BCUT2D eigenvalue weighted by atomic mass is 19.1. The number of alkyl halides is 1. The number of ether oxygens (including phenoxy) is 1. The molecule has 0 saturated heterocycles. The molecule has 1 N–H and O–H groups in total. The molecule has 8 heteroatoms. The Labute approximate surface area is 180 Å². The molecular formula is C23H27FN4O3. The molecule has 0 radical (unpaired) electrons. The molecule has 0 spiro atoms. The van der Waals surface area contributed by atoms with Crippen molar-refractivity contribution in [2.24, 2.45) is 5.92 Å². The Morgan fingerprint density at radius 3 is 2.74 bits per heavy atom. The molecule has 4 rings (SSSR count). The first-order valence-corrected chi connectivity index (χ1v) is 10.7. The number of aromatic nitrogens is 4. The van der Waals surface area contributed by atoms with Gasteiger partial charge in [0.25, 0.3) is 0 Å². The lowest BCUT2D eigenvalue weighted by molar-refractivity contribution is 0.0855. The number of aliphatic hydroxyl groups is 1. The second kappa shape index (κ2) is 8.70. The Bertz CT molecular complexity index is 1100. The minimum atomic E-state index is -1.45. The third kappa shape index (κ3) is 4.44. The first-order valence-electron chi connectivity index (χ1n) is 10.7. The zero-order valence-corrected chi connectivity index (χ0v) is 18.0. The molecule has 3 aromatic heterocycles. The maximum atomic E-state index is 13.2. The van der Waals surface area contributed by atoms with Crippen LogP contribution >= 0.6 is 0 Å². The van der Waals surface area contributed by atoms with Gasteiger partial charge in [0.2, 0.25) is 6.36 Å². The van der Waals surface area contributed by atoms with Crippen molar-refractivity contribution >= 4 is 16.8 Å². The average molecular weight is 426 g/mol. The summed E-state index contributed by atoms with van der Waals surface area (Å²) in [6, 6.07) is 3.54. The minimum absolute atomic E-state index is 0.0143. The molecule has 3 aromatic rings. The topological polar surface area (TPSA) is 90.1 Å². The third-order valence-corrected chi connectivity index (χ3v) is 5.71. The van der Waals surface area contributed by atoms with Gasteiger partial charge in [-0.05, 0) is 44.7 Å². The number of fused-ring (bicyclic) bond motifs is 1. The zero-order valence-electron chi connectivity index (χ0n) is 18.0. The highest BCUT2D eigenvalue weighted by Crippen LogP contribution is 2.32. The Morgan fingerprint density at radius 2 is 2.06 bits per heavy atom. The fourth-order valence-electron chi connectivity index (χ4n) is 4.17. The molecule has 0 aliphatic heterocycles. The molecule has 0 aromatic carbocycles. The molecule has 1 saturated carbocycles. The summed E-state index contributed by atoms with van der Waals surface area (Å²) in [5, 5.41) is 14.8. The molecule has 1 aliphatic carbocycles. The van der Waals surface area contributed by atoms with Gasteiger partial charge in [0.1, 0.15) is 17.0 Å².